The average Bonchev–Trinajstić information content (AvgIpc) is 2.63. The van der Waals surface area contributed by atoms with Crippen LogP contribution < -0.4 is 10.6 Å². The molecule has 1 aromatic heterocycles. The first-order valence-corrected chi connectivity index (χ1v) is 6.84. The Balaban J connectivity index is 2.18. The fourth-order valence-electron chi connectivity index (χ4n) is 1.90. The van der Waals surface area contributed by atoms with E-state index in [2.05, 4.69) is 28.1 Å². The molecule has 0 amide bonds. The van der Waals surface area contributed by atoms with E-state index >= 15 is 0 Å². The number of aryl methyl sites for hydroxylation is 1. The Bertz CT molecular complexity index is 649. The molecule has 92 valence electrons. The van der Waals surface area contributed by atoms with Crippen LogP contribution in [0.1, 0.15) is 10.4 Å². The Labute approximate surface area is 119 Å². The van der Waals surface area contributed by atoms with Gasteiger partial charge >= 0.3 is 0 Å². The molecule has 0 saturated heterocycles. The number of benzene rings is 1. The number of thiophene rings is 1. The Kier molecular flexibility index (Phi) is 2.93. The number of fused-ring (bicyclic) bond motifs is 2. The molecule has 0 unspecified atom stereocenters. The largest absolute Gasteiger partial charge is 0.345 e. The van der Waals surface area contributed by atoms with Crippen LogP contribution in [0, 0.1) is 6.92 Å². The van der Waals surface area contributed by atoms with Crippen molar-refractivity contribution in [2.24, 2.45) is 4.51 Å². The molecule has 2 aromatic rings. The van der Waals surface area contributed by atoms with Crippen LogP contribution in [-0.4, -0.2) is 5.84 Å². The van der Waals surface area contributed by atoms with Crippen LogP contribution in [0.5, 0.6) is 0 Å². The Morgan fingerprint density at radius 1 is 1.17 bits per heavy atom. The second-order valence-corrected chi connectivity index (χ2v) is 5.83. The normalized spacial score (nSPS) is 15.4. The van der Waals surface area contributed by atoms with E-state index in [1.807, 2.05) is 18.2 Å². The van der Waals surface area contributed by atoms with Crippen LogP contribution >= 0.6 is 34.7 Å². The minimum Gasteiger partial charge on any atom is -0.345 e. The fraction of sp³-hybridized carbons (Fsp3) is 0.0833. The summed E-state index contributed by atoms with van der Waals surface area (Å²) in [5.74, 6) is 0.629. The van der Waals surface area contributed by atoms with Crippen LogP contribution in [0.15, 0.2) is 28.8 Å². The summed E-state index contributed by atoms with van der Waals surface area (Å²) in [6.45, 7) is 2.05. The first-order valence-electron chi connectivity index (χ1n) is 5.31. The topological polar surface area (TPSA) is 36.4 Å². The molecule has 1 aromatic carbocycles. The van der Waals surface area contributed by atoms with Crippen LogP contribution in [0.25, 0.3) is 0 Å². The summed E-state index contributed by atoms with van der Waals surface area (Å²) in [5, 5.41) is 8.26. The molecule has 1 aliphatic heterocycles. The summed E-state index contributed by atoms with van der Waals surface area (Å²) >= 11 is 13.3. The van der Waals surface area contributed by atoms with Gasteiger partial charge in [0.05, 0.1) is 16.9 Å². The molecule has 0 radical (unpaired) electrons. The van der Waals surface area contributed by atoms with Crippen molar-refractivity contribution in [3.63, 3.8) is 0 Å². The second-order valence-electron chi connectivity index (χ2n) is 3.97. The third-order valence-corrected chi connectivity index (χ3v) is 4.05. The summed E-state index contributed by atoms with van der Waals surface area (Å²) in [6.07, 6.45) is 0. The van der Waals surface area contributed by atoms with Gasteiger partial charge in [-0.25, -0.2) is 0 Å². The van der Waals surface area contributed by atoms with E-state index in [0.717, 1.165) is 21.9 Å². The van der Waals surface area contributed by atoms with E-state index in [-0.39, 0.29) is 0 Å². The predicted octanol–water partition coefficient (Wildman–Crippen LogP) is 4.78. The van der Waals surface area contributed by atoms with Crippen molar-refractivity contribution < 1.29 is 0 Å². The van der Waals surface area contributed by atoms with Crippen molar-refractivity contribution in [3.8, 4) is 0 Å². The maximum atomic E-state index is 5.99. The van der Waals surface area contributed by atoms with Gasteiger partial charge in [-0.3, -0.25) is 0 Å². The van der Waals surface area contributed by atoms with Crippen LogP contribution in [0.2, 0.25) is 5.02 Å². The lowest BCUT2D eigenvalue weighted by Gasteiger charge is -2.08. The summed E-state index contributed by atoms with van der Waals surface area (Å²) in [5.41, 5.74) is 2.79. The zero-order valence-electron chi connectivity index (χ0n) is 9.42. The number of hydrogen-bond acceptors (Lipinski definition) is 3. The molecule has 3 rings (SSSR count). The third kappa shape index (κ3) is 1.96. The molecule has 0 aliphatic carbocycles. The summed E-state index contributed by atoms with van der Waals surface area (Å²) in [7, 11) is 0. The minimum atomic E-state index is 0.629. The van der Waals surface area contributed by atoms with Crippen molar-refractivity contribution >= 4 is 56.9 Å². The number of nitrogens with one attached hydrogen (secondary N) is 2. The van der Waals surface area contributed by atoms with Gasteiger partial charge < -0.3 is 10.6 Å². The first-order chi connectivity index (χ1) is 8.67. The van der Waals surface area contributed by atoms with Crippen molar-refractivity contribution in [1.29, 1.82) is 0 Å². The van der Waals surface area contributed by atoms with E-state index in [1.54, 1.807) is 11.3 Å². The second kappa shape index (κ2) is 4.46. The lowest BCUT2D eigenvalue weighted by molar-refractivity contribution is 1.59. The number of halogens is 2. The van der Waals surface area contributed by atoms with E-state index < -0.39 is 0 Å². The predicted molar refractivity (Wildman–Crippen MR) is 79.8 cm³/mol. The van der Waals surface area contributed by atoms with Crippen LogP contribution in [0.4, 0.5) is 16.4 Å². The standard InChI is InChI=1S/C12H9Cl2N3S/c1-6-4-8-11(17-14)15-10-5-7(13)2-3-9(10)16-12(8)18-6/h2-5,16H,1H3,(H,15,17). The first kappa shape index (κ1) is 11.8. The number of anilines is 3. The SMILES string of the molecule is Cc1cc2c(s1)Nc1ccc(Cl)cc1NC2=NCl. The zero-order chi connectivity index (χ0) is 12.7. The number of rotatable bonds is 0. The number of nitrogens with zero attached hydrogens (tertiary/aromatic N) is 1. The van der Waals surface area contributed by atoms with Gasteiger partial charge in [0.1, 0.15) is 5.00 Å². The molecule has 0 fully saturated rings. The van der Waals surface area contributed by atoms with Gasteiger partial charge in [-0.2, -0.15) is 4.51 Å². The van der Waals surface area contributed by atoms with Gasteiger partial charge in [-0.15, -0.1) is 11.3 Å². The lowest BCUT2D eigenvalue weighted by Crippen LogP contribution is -2.10. The highest BCUT2D eigenvalue weighted by Gasteiger charge is 2.19. The van der Waals surface area contributed by atoms with E-state index in [0.29, 0.717) is 10.9 Å². The highest BCUT2D eigenvalue weighted by atomic mass is 35.5. The smallest absolute Gasteiger partial charge is 0.155 e. The fourth-order valence-corrected chi connectivity index (χ4v) is 3.13. The van der Waals surface area contributed by atoms with Crippen molar-refractivity contribution in [2.45, 2.75) is 6.92 Å². The number of amidine groups is 1. The van der Waals surface area contributed by atoms with Crippen LogP contribution in [0.3, 0.4) is 0 Å². The average molecular weight is 298 g/mol. The Morgan fingerprint density at radius 2 is 2.00 bits per heavy atom. The molecule has 0 atom stereocenters. The third-order valence-electron chi connectivity index (χ3n) is 2.68. The summed E-state index contributed by atoms with van der Waals surface area (Å²) < 4.78 is 3.79. The van der Waals surface area contributed by atoms with Gasteiger partial charge in [0, 0.05) is 21.7 Å². The maximum absolute atomic E-state index is 5.99. The van der Waals surface area contributed by atoms with Gasteiger partial charge in [0.2, 0.25) is 0 Å². The highest BCUT2D eigenvalue weighted by Crippen LogP contribution is 2.38. The van der Waals surface area contributed by atoms with Gasteiger partial charge in [0.15, 0.2) is 5.84 Å². The molecule has 6 heteroatoms. The van der Waals surface area contributed by atoms with E-state index in [1.165, 1.54) is 4.88 Å². The quantitative estimate of drug-likeness (QED) is 0.734. The lowest BCUT2D eigenvalue weighted by atomic mass is 10.2. The molecule has 0 saturated carbocycles. The summed E-state index contributed by atoms with van der Waals surface area (Å²) in [4.78, 5) is 1.20. The van der Waals surface area contributed by atoms with Gasteiger partial charge in [-0.1, -0.05) is 11.6 Å². The van der Waals surface area contributed by atoms with Crippen molar-refractivity contribution in [1.82, 2.24) is 0 Å². The van der Waals surface area contributed by atoms with Crippen molar-refractivity contribution in [3.05, 3.63) is 39.7 Å². The maximum Gasteiger partial charge on any atom is 0.155 e. The molecular weight excluding hydrogens is 289 g/mol. The highest BCUT2D eigenvalue weighted by molar-refractivity contribution is 7.16. The Morgan fingerprint density at radius 3 is 2.78 bits per heavy atom. The van der Waals surface area contributed by atoms with Crippen LogP contribution in [-0.2, 0) is 0 Å². The molecule has 2 N–H and O–H groups in total. The van der Waals surface area contributed by atoms with E-state index in [4.69, 9.17) is 23.4 Å². The number of hydrogen-bond donors (Lipinski definition) is 2. The van der Waals surface area contributed by atoms with Gasteiger partial charge in [-0.05, 0) is 31.2 Å². The molecule has 18 heavy (non-hydrogen) atoms. The molecule has 0 bridgehead atoms. The Hall–Kier alpha value is -1.23. The van der Waals surface area contributed by atoms with Crippen molar-refractivity contribution in [2.75, 3.05) is 10.6 Å². The minimum absolute atomic E-state index is 0.629. The molecule has 0 spiro atoms. The molecule has 2 heterocycles. The van der Waals surface area contributed by atoms with E-state index in [9.17, 15) is 0 Å². The zero-order valence-corrected chi connectivity index (χ0v) is 11.7. The monoisotopic (exact) mass is 297 g/mol. The molecule has 1 aliphatic rings. The molecular formula is C12H9Cl2N3S. The van der Waals surface area contributed by atoms with Gasteiger partial charge in [0.25, 0.3) is 0 Å². The summed E-state index contributed by atoms with van der Waals surface area (Å²) in [6, 6.07) is 7.67. The molecule has 3 nitrogen and oxygen atoms in total.